The third-order valence-electron chi connectivity index (χ3n) is 4.65. The van der Waals surface area contributed by atoms with Crippen LogP contribution < -0.4 is 10.1 Å². The zero-order chi connectivity index (χ0) is 19.7. The Labute approximate surface area is 180 Å². The normalized spacial score (nSPS) is 14.1. The summed E-state index contributed by atoms with van der Waals surface area (Å²) in [6.07, 6.45) is 1.91. The van der Waals surface area contributed by atoms with Crippen LogP contribution in [0.25, 0.3) is 11.6 Å². The minimum Gasteiger partial charge on any atom is -0.489 e. The molecule has 0 atom stereocenters. The van der Waals surface area contributed by atoms with Gasteiger partial charge in [0.15, 0.2) is 0 Å². The maximum Gasteiger partial charge on any atom is 0.256 e. The number of rotatable bonds is 4. The zero-order valence-electron chi connectivity index (χ0n) is 15.1. The van der Waals surface area contributed by atoms with Crippen LogP contribution in [0.5, 0.6) is 5.75 Å². The Morgan fingerprint density at radius 2 is 1.79 bits per heavy atom. The monoisotopic (exact) mass is 497 g/mol. The van der Waals surface area contributed by atoms with Crippen molar-refractivity contribution in [3.05, 3.63) is 91.9 Å². The van der Waals surface area contributed by atoms with Gasteiger partial charge in [-0.1, -0.05) is 58.4 Å². The molecule has 0 fully saturated rings. The highest BCUT2D eigenvalue weighted by atomic mass is 79.9. The number of halogens is 2. The van der Waals surface area contributed by atoms with Gasteiger partial charge in [-0.05, 0) is 63.8 Å². The largest absolute Gasteiger partial charge is 0.489 e. The highest BCUT2D eigenvalue weighted by Gasteiger charge is 2.29. The topological polar surface area (TPSA) is 38.3 Å². The van der Waals surface area contributed by atoms with E-state index in [2.05, 4.69) is 37.2 Å². The molecule has 0 saturated heterocycles. The molecule has 1 amide bonds. The van der Waals surface area contributed by atoms with E-state index >= 15 is 0 Å². The maximum atomic E-state index is 12.6. The first-order valence-corrected chi connectivity index (χ1v) is 10.4. The Balaban J connectivity index is 1.65. The molecule has 3 aromatic rings. The molecule has 140 valence electrons. The van der Waals surface area contributed by atoms with Gasteiger partial charge in [0.1, 0.15) is 12.4 Å². The molecule has 5 heteroatoms. The van der Waals surface area contributed by atoms with Crippen LogP contribution in [0, 0.1) is 6.92 Å². The van der Waals surface area contributed by atoms with Crippen LogP contribution in [0.2, 0.25) is 0 Å². The molecule has 0 aliphatic carbocycles. The average Bonchev–Trinajstić information content (AvgIpc) is 3.03. The zero-order valence-corrected chi connectivity index (χ0v) is 18.3. The number of anilines is 1. The smallest absolute Gasteiger partial charge is 0.256 e. The molecule has 3 nitrogen and oxygen atoms in total. The summed E-state index contributed by atoms with van der Waals surface area (Å²) in [6, 6.07) is 19.8. The molecule has 3 aromatic carbocycles. The first-order valence-electron chi connectivity index (χ1n) is 8.82. The second-order valence-electron chi connectivity index (χ2n) is 6.57. The molecular formula is C23H17Br2NO2. The Bertz CT molecular complexity index is 1090. The number of fused-ring (bicyclic) bond motifs is 1. The van der Waals surface area contributed by atoms with Gasteiger partial charge in [-0.2, -0.15) is 0 Å². The lowest BCUT2D eigenvalue weighted by Crippen LogP contribution is -2.03. The molecule has 1 heterocycles. The third kappa shape index (κ3) is 3.77. The van der Waals surface area contributed by atoms with E-state index in [1.54, 1.807) is 0 Å². The molecule has 0 saturated carbocycles. The summed E-state index contributed by atoms with van der Waals surface area (Å²) in [6.45, 7) is 2.51. The molecular weight excluding hydrogens is 482 g/mol. The number of carbonyl (C=O) groups excluding carboxylic acids is 1. The van der Waals surface area contributed by atoms with E-state index in [0.717, 1.165) is 42.6 Å². The summed E-state index contributed by atoms with van der Waals surface area (Å²) in [5.74, 6) is 0.663. The third-order valence-corrected chi connectivity index (χ3v) is 6.09. The van der Waals surface area contributed by atoms with Crippen molar-refractivity contribution in [2.24, 2.45) is 0 Å². The quantitative estimate of drug-likeness (QED) is 0.412. The lowest BCUT2D eigenvalue weighted by molar-refractivity contribution is -0.110. The Kier molecular flexibility index (Phi) is 5.38. The van der Waals surface area contributed by atoms with Gasteiger partial charge in [0, 0.05) is 20.1 Å². The van der Waals surface area contributed by atoms with E-state index in [4.69, 9.17) is 4.74 Å². The number of nitrogens with one attached hydrogen (secondary N) is 1. The predicted octanol–water partition coefficient (Wildman–Crippen LogP) is 6.59. The van der Waals surface area contributed by atoms with Crippen LogP contribution in [0.15, 0.2) is 69.6 Å². The van der Waals surface area contributed by atoms with E-state index < -0.39 is 0 Å². The van der Waals surface area contributed by atoms with E-state index in [1.165, 1.54) is 0 Å². The lowest BCUT2D eigenvalue weighted by atomic mass is 9.99. The van der Waals surface area contributed by atoms with Gasteiger partial charge >= 0.3 is 0 Å². The van der Waals surface area contributed by atoms with Crippen molar-refractivity contribution in [2.45, 2.75) is 13.5 Å². The molecule has 4 rings (SSSR count). The van der Waals surface area contributed by atoms with Crippen LogP contribution >= 0.6 is 31.9 Å². The van der Waals surface area contributed by atoms with Gasteiger partial charge in [-0.15, -0.1) is 0 Å². The van der Waals surface area contributed by atoms with Crippen LogP contribution in [-0.2, 0) is 11.4 Å². The van der Waals surface area contributed by atoms with Crippen molar-refractivity contribution in [1.29, 1.82) is 0 Å². The molecule has 1 aliphatic rings. The van der Waals surface area contributed by atoms with Crippen LogP contribution in [0.3, 0.4) is 0 Å². The van der Waals surface area contributed by atoms with Gasteiger partial charge in [-0.3, -0.25) is 4.79 Å². The predicted molar refractivity (Wildman–Crippen MR) is 120 cm³/mol. The first kappa shape index (κ1) is 19.0. The van der Waals surface area contributed by atoms with Gasteiger partial charge in [-0.25, -0.2) is 0 Å². The molecule has 28 heavy (non-hydrogen) atoms. The van der Waals surface area contributed by atoms with E-state index in [-0.39, 0.29) is 5.91 Å². The second-order valence-corrected chi connectivity index (χ2v) is 8.28. The minimum atomic E-state index is -0.104. The molecule has 0 aromatic heterocycles. The molecule has 0 spiro atoms. The van der Waals surface area contributed by atoms with E-state index in [9.17, 15) is 4.79 Å². The molecule has 0 bridgehead atoms. The Morgan fingerprint density at radius 3 is 2.57 bits per heavy atom. The fourth-order valence-corrected chi connectivity index (χ4v) is 4.47. The lowest BCUT2D eigenvalue weighted by Gasteiger charge is -2.09. The van der Waals surface area contributed by atoms with Crippen LogP contribution in [0.1, 0.15) is 22.3 Å². The summed E-state index contributed by atoms with van der Waals surface area (Å²) in [5, 5.41) is 2.96. The molecule has 1 N–H and O–H groups in total. The van der Waals surface area contributed by atoms with Crippen LogP contribution in [0.4, 0.5) is 5.69 Å². The molecule has 0 radical (unpaired) electrons. The van der Waals surface area contributed by atoms with Crippen molar-refractivity contribution in [3.63, 3.8) is 0 Å². The number of benzene rings is 3. The summed E-state index contributed by atoms with van der Waals surface area (Å²) in [5.41, 5.74) is 5.43. The van der Waals surface area contributed by atoms with Crippen molar-refractivity contribution in [2.75, 3.05) is 5.32 Å². The number of hydrogen-bond acceptors (Lipinski definition) is 2. The number of ether oxygens (including phenoxy) is 1. The fourth-order valence-electron chi connectivity index (χ4n) is 3.21. The SMILES string of the molecule is Cc1c(Br)cc(Br)c2c1C(=Cc1cccc(OCc3ccccc3)c1)C(=O)N2. The minimum absolute atomic E-state index is 0.104. The standard InChI is InChI=1S/C23H17Br2NO2/c1-14-19(24)12-20(25)22-21(14)18(23(27)26-22)11-16-8-5-9-17(10-16)28-13-15-6-3-2-4-7-15/h2-12H,13H2,1H3,(H,26,27). The van der Waals surface area contributed by atoms with Gasteiger partial charge in [0.25, 0.3) is 5.91 Å². The van der Waals surface area contributed by atoms with Gasteiger partial charge in [0.2, 0.25) is 0 Å². The summed E-state index contributed by atoms with van der Waals surface area (Å²) >= 11 is 7.11. The average molecular weight is 499 g/mol. The van der Waals surface area contributed by atoms with Crippen LogP contribution in [-0.4, -0.2) is 5.91 Å². The van der Waals surface area contributed by atoms with Crippen molar-refractivity contribution < 1.29 is 9.53 Å². The van der Waals surface area contributed by atoms with Gasteiger partial charge in [0.05, 0.1) is 5.69 Å². The highest BCUT2D eigenvalue weighted by molar-refractivity contribution is 9.11. The Hall–Kier alpha value is -2.37. The first-order chi connectivity index (χ1) is 13.5. The maximum absolute atomic E-state index is 12.6. The highest BCUT2D eigenvalue weighted by Crippen LogP contribution is 2.43. The fraction of sp³-hybridized carbons (Fsp3) is 0.0870. The number of hydrogen-bond donors (Lipinski definition) is 1. The number of amides is 1. The summed E-state index contributed by atoms with van der Waals surface area (Å²) in [4.78, 5) is 12.6. The van der Waals surface area contributed by atoms with Gasteiger partial charge < -0.3 is 10.1 Å². The summed E-state index contributed by atoms with van der Waals surface area (Å²) in [7, 11) is 0. The van der Waals surface area contributed by atoms with Crippen molar-refractivity contribution in [1.82, 2.24) is 0 Å². The molecule has 0 unspecified atom stereocenters. The van der Waals surface area contributed by atoms with Crippen molar-refractivity contribution >= 4 is 55.1 Å². The van der Waals surface area contributed by atoms with Crippen molar-refractivity contribution in [3.8, 4) is 5.75 Å². The molecule has 1 aliphatic heterocycles. The van der Waals surface area contributed by atoms with E-state index in [1.807, 2.05) is 73.7 Å². The second kappa shape index (κ2) is 7.94. The summed E-state index contributed by atoms with van der Waals surface area (Å²) < 4.78 is 7.73. The Morgan fingerprint density at radius 1 is 1.00 bits per heavy atom. The van der Waals surface area contributed by atoms with E-state index in [0.29, 0.717) is 12.2 Å². The number of carbonyl (C=O) groups is 1.